The van der Waals surface area contributed by atoms with Gasteiger partial charge < -0.3 is 8.98 Å². The number of fused-ring (bicyclic) bond motifs is 2. The third-order valence-electron chi connectivity index (χ3n) is 5.17. The van der Waals surface area contributed by atoms with E-state index < -0.39 is 0 Å². The molecular weight excluding hydrogens is 346 g/mol. The number of hydrogen-bond acceptors (Lipinski definition) is 3. The third kappa shape index (κ3) is 3.07. The van der Waals surface area contributed by atoms with E-state index >= 15 is 0 Å². The second kappa shape index (κ2) is 6.97. The zero-order valence-electron chi connectivity index (χ0n) is 15.8. The first kappa shape index (κ1) is 16.8. The average Bonchev–Trinajstić information content (AvgIpc) is 3.29. The number of oxazole rings is 1. The van der Waals surface area contributed by atoms with Crippen LogP contribution < -0.4 is 0 Å². The van der Waals surface area contributed by atoms with Crippen LogP contribution in [0.25, 0.3) is 33.6 Å². The Bertz CT molecular complexity index is 1220. The highest BCUT2D eigenvalue weighted by Crippen LogP contribution is 2.27. The van der Waals surface area contributed by atoms with Crippen molar-refractivity contribution < 1.29 is 4.42 Å². The fraction of sp³-hybridized carbons (Fsp3) is 0.167. The topological polar surface area (TPSA) is 43.9 Å². The molecule has 0 radical (unpaired) electrons. The highest BCUT2D eigenvalue weighted by atomic mass is 16.3. The zero-order chi connectivity index (χ0) is 18.9. The van der Waals surface area contributed by atoms with Gasteiger partial charge >= 0.3 is 0 Å². The van der Waals surface area contributed by atoms with Gasteiger partial charge in [0.15, 0.2) is 5.58 Å². The number of aromatic nitrogens is 3. The van der Waals surface area contributed by atoms with Gasteiger partial charge in [0.05, 0.1) is 11.0 Å². The van der Waals surface area contributed by atoms with Crippen LogP contribution in [0, 0.1) is 6.92 Å². The van der Waals surface area contributed by atoms with E-state index in [1.54, 1.807) is 0 Å². The molecule has 2 heterocycles. The molecule has 4 heteroatoms. The van der Waals surface area contributed by atoms with Crippen LogP contribution in [-0.4, -0.2) is 14.5 Å². The van der Waals surface area contributed by atoms with E-state index in [2.05, 4.69) is 65.0 Å². The van der Waals surface area contributed by atoms with Crippen LogP contribution in [0.2, 0.25) is 0 Å². The molecule has 0 saturated carbocycles. The number of hydrogen-bond donors (Lipinski definition) is 0. The van der Waals surface area contributed by atoms with Crippen LogP contribution in [-0.2, 0) is 13.0 Å². The standard InChI is InChI=1S/C24H21N3O/c1-17-25-21-16-19(24-26-20-11-5-6-12-23(20)28-24)13-14-22(21)27(17)15-7-10-18-8-3-2-4-9-18/h2-6,8-9,11-14,16H,7,10,15H2,1H3. The van der Waals surface area contributed by atoms with Crippen molar-refractivity contribution in [2.45, 2.75) is 26.3 Å². The minimum absolute atomic E-state index is 0.638. The molecule has 28 heavy (non-hydrogen) atoms. The molecule has 0 spiro atoms. The van der Waals surface area contributed by atoms with E-state index in [1.807, 2.05) is 24.3 Å². The first-order valence-electron chi connectivity index (χ1n) is 9.65. The number of benzene rings is 3. The van der Waals surface area contributed by atoms with Crippen LogP contribution >= 0.6 is 0 Å². The molecule has 0 aliphatic rings. The summed E-state index contributed by atoms with van der Waals surface area (Å²) < 4.78 is 8.21. The quantitative estimate of drug-likeness (QED) is 0.395. The Kier molecular flexibility index (Phi) is 4.17. The summed E-state index contributed by atoms with van der Waals surface area (Å²) in [6, 6.07) is 24.7. The largest absolute Gasteiger partial charge is 0.436 e. The molecule has 138 valence electrons. The van der Waals surface area contributed by atoms with E-state index in [0.29, 0.717) is 5.89 Å². The van der Waals surface area contributed by atoms with E-state index in [9.17, 15) is 0 Å². The Morgan fingerprint density at radius 3 is 2.54 bits per heavy atom. The van der Waals surface area contributed by atoms with Crippen LogP contribution in [0.1, 0.15) is 17.8 Å². The van der Waals surface area contributed by atoms with Gasteiger partial charge in [0.25, 0.3) is 0 Å². The van der Waals surface area contributed by atoms with Crippen LogP contribution in [0.5, 0.6) is 0 Å². The Morgan fingerprint density at radius 2 is 1.68 bits per heavy atom. The molecule has 4 nitrogen and oxygen atoms in total. The summed E-state index contributed by atoms with van der Waals surface area (Å²) in [7, 11) is 0. The molecule has 0 atom stereocenters. The second-order valence-electron chi connectivity index (χ2n) is 7.09. The molecule has 0 fully saturated rings. The average molecular weight is 367 g/mol. The van der Waals surface area contributed by atoms with Gasteiger partial charge in [-0.05, 0) is 55.7 Å². The van der Waals surface area contributed by atoms with Gasteiger partial charge in [0.2, 0.25) is 5.89 Å². The monoisotopic (exact) mass is 367 g/mol. The molecule has 0 bridgehead atoms. The number of para-hydroxylation sites is 2. The van der Waals surface area contributed by atoms with Crippen molar-refractivity contribution in [2.75, 3.05) is 0 Å². The molecular formula is C24H21N3O. The predicted octanol–water partition coefficient (Wildman–Crippen LogP) is 5.79. The van der Waals surface area contributed by atoms with Crippen molar-refractivity contribution in [3.63, 3.8) is 0 Å². The summed E-state index contributed by atoms with van der Waals surface area (Å²) in [4.78, 5) is 9.37. The van der Waals surface area contributed by atoms with E-state index in [4.69, 9.17) is 9.40 Å². The molecule has 0 aliphatic heterocycles. The van der Waals surface area contributed by atoms with E-state index in [1.165, 1.54) is 5.56 Å². The van der Waals surface area contributed by atoms with Crippen molar-refractivity contribution in [1.82, 2.24) is 14.5 Å². The second-order valence-corrected chi connectivity index (χ2v) is 7.09. The summed E-state index contributed by atoms with van der Waals surface area (Å²) >= 11 is 0. The molecule has 5 aromatic rings. The normalized spacial score (nSPS) is 11.5. The van der Waals surface area contributed by atoms with Gasteiger partial charge in [-0.15, -0.1) is 0 Å². The maximum Gasteiger partial charge on any atom is 0.227 e. The zero-order valence-corrected chi connectivity index (χ0v) is 15.8. The SMILES string of the molecule is Cc1nc2cc(-c3nc4ccccc4o3)ccc2n1CCCc1ccccc1. The Morgan fingerprint density at radius 1 is 0.857 bits per heavy atom. The fourth-order valence-electron chi connectivity index (χ4n) is 3.75. The lowest BCUT2D eigenvalue weighted by molar-refractivity contribution is 0.620. The molecule has 0 N–H and O–H groups in total. The molecule has 5 rings (SSSR count). The molecule has 0 saturated heterocycles. The fourth-order valence-corrected chi connectivity index (χ4v) is 3.75. The van der Waals surface area contributed by atoms with Crippen LogP contribution in [0.3, 0.4) is 0 Å². The lowest BCUT2D eigenvalue weighted by Gasteiger charge is -2.07. The summed E-state index contributed by atoms with van der Waals surface area (Å²) in [5.41, 5.74) is 6.16. The van der Waals surface area contributed by atoms with Crippen molar-refractivity contribution in [2.24, 2.45) is 0 Å². The summed E-state index contributed by atoms with van der Waals surface area (Å²) in [6.45, 7) is 3.03. The smallest absolute Gasteiger partial charge is 0.227 e. The Hall–Kier alpha value is -3.40. The number of aryl methyl sites for hydroxylation is 3. The van der Waals surface area contributed by atoms with Crippen molar-refractivity contribution in [3.8, 4) is 11.5 Å². The van der Waals surface area contributed by atoms with Gasteiger partial charge in [-0.1, -0.05) is 42.5 Å². The molecule has 3 aromatic carbocycles. The summed E-state index contributed by atoms with van der Waals surface area (Å²) in [5.74, 6) is 1.68. The lowest BCUT2D eigenvalue weighted by atomic mass is 10.1. The van der Waals surface area contributed by atoms with Crippen molar-refractivity contribution >= 4 is 22.1 Å². The van der Waals surface area contributed by atoms with E-state index in [0.717, 1.165) is 52.9 Å². The van der Waals surface area contributed by atoms with Crippen LogP contribution in [0.4, 0.5) is 0 Å². The summed E-state index contributed by atoms with van der Waals surface area (Å²) in [6.07, 6.45) is 2.16. The van der Waals surface area contributed by atoms with Gasteiger partial charge in [0.1, 0.15) is 11.3 Å². The maximum atomic E-state index is 5.91. The molecule has 0 unspecified atom stereocenters. The van der Waals surface area contributed by atoms with Gasteiger partial charge in [-0.3, -0.25) is 0 Å². The number of imidazole rings is 1. The minimum Gasteiger partial charge on any atom is -0.436 e. The Labute approximate surface area is 163 Å². The predicted molar refractivity (Wildman–Crippen MR) is 112 cm³/mol. The molecule has 0 amide bonds. The third-order valence-corrected chi connectivity index (χ3v) is 5.17. The van der Waals surface area contributed by atoms with Crippen molar-refractivity contribution in [1.29, 1.82) is 0 Å². The highest BCUT2D eigenvalue weighted by Gasteiger charge is 2.12. The summed E-state index contributed by atoms with van der Waals surface area (Å²) in [5, 5.41) is 0. The lowest BCUT2D eigenvalue weighted by Crippen LogP contribution is -2.01. The first-order chi connectivity index (χ1) is 13.8. The van der Waals surface area contributed by atoms with Crippen LogP contribution in [0.15, 0.2) is 77.2 Å². The van der Waals surface area contributed by atoms with Gasteiger partial charge in [-0.25, -0.2) is 9.97 Å². The molecule has 2 aromatic heterocycles. The Balaban J connectivity index is 1.42. The van der Waals surface area contributed by atoms with E-state index in [-0.39, 0.29) is 0 Å². The number of rotatable bonds is 5. The maximum absolute atomic E-state index is 5.91. The number of nitrogens with zero attached hydrogens (tertiary/aromatic N) is 3. The highest BCUT2D eigenvalue weighted by molar-refractivity contribution is 5.83. The minimum atomic E-state index is 0.638. The first-order valence-corrected chi connectivity index (χ1v) is 9.65. The molecule has 0 aliphatic carbocycles. The van der Waals surface area contributed by atoms with Gasteiger partial charge in [0, 0.05) is 12.1 Å². The van der Waals surface area contributed by atoms with Gasteiger partial charge in [-0.2, -0.15) is 0 Å². The van der Waals surface area contributed by atoms with Crippen molar-refractivity contribution in [3.05, 3.63) is 84.2 Å².